The Hall–Kier alpha value is -0.720. The molecule has 0 aromatic heterocycles. The molecule has 1 aromatic carbocycles. The van der Waals surface area contributed by atoms with Gasteiger partial charge in [-0.05, 0) is 49.0 Å². The summed E-state index contributed by atoms with van der Waals surface area (Å²) in [6, 6.07) is 6.36. The van der Waals surface area contributed by atoms with Gasteiger partial charge in [-0.3, -0.25) is 0 Å². The maximum atomic E-state index is 12.1. The molecule has 0 aliphatic rings. The van der Waals surface area contributed by atoms with Crippen molar-refractivity contribution in [1.29, 1.82) is 0 Å². The fourth-order valence-corrected chi connectivity index (χ4v) is 1.81. The molecule has 6 heteroatoms. The van der Waals surface area contributed by atoms with Crippen molar-refractivity contribution in [1.82, 2.24) is 5.32 Å². The van der Waals surface area contributed by atoms with Gasteiger partial charge in [-0.25, -0.2) is 0 Å². The maximum Gasteiger partial charge on any atom is 0.446 e. The molecule has 0 atom stereocenters. The normalized spacial score (nSPS) is 11.8. The molecule has 0 unspecified atom stereocenters. The van der Waals surface area contributed by atoms with Crippen molar-refractivity contribution in [3.05, 3.63) is 29.8 Å². The lowest BCUT2D eigenvalue weighted by Gasteiger charge is -2.07. The van der Waals surface area contributed by atoms with Crippen LogP contribution in [0, 0.1) is 0 Å². The summed E-state index contributed by atoms with van der Waals surface area (Å²) < 4.78 is 36.2. The second-order valence-electron chi connectivity index (χ2n) is 3.51. The van der Waals surface area contributed by atoms with E-state index in [2.05, 4.69) is 5.32 Å². The fourth-order valence-electron chi connectivity index (χ4n) is 1.27. The molecular formula is C11H15F3N2S. The Morgan fingerprint density at radius 3 is 2.35 bits per heavy atom. The molecule has 0 fully saturated rings. The summed E-state index contributed by atoms with van der Waals surface area (Å²) in [4.78, 5) is 0.211. The van der Waals surface area contributed by atoms with Gasteiger partial charge in [0.1, 0.15) is 0 Å². The van der Waals surface area contributed by atoms with Crippen LogP contribution in [-0.4, -0.2) is 18.6 Å². The molecule has 0 spiro atoms. The van der Waals surface area contributed by atoms with Crippen LogP contribution >= 0.6 is 11.8 Å². The number of hydrogen-bond acceptors (Lipinski definition) is 3. The fraction of sp³-hybridized carbons (Fsp3) is 0.455. The summed E-state index contributed by atoms with van der Waals surface area (Å²) in [5.41, 5.74) is 2.08. The molecule has 0 bridgehead atoms. The molecule has 0 radical (unpaired) electrons. The van der Waals surface area contributed by atoms with Gasteiger partial charge < -0.3 is 11.1 Å². The minimum atomic E-state index is -4.22. The number of hydrogen-bond donors (Lipinski definition) is 2. The molecule has 0 saturated carbocycles. The van der Waals surface area contributed by atoms with Gasteiger partial charge in [0, 0.05) is 11.4 Å². The molecule has 3 N–H and O–H groups in total. The predicted octanol–water partition coefficient (Wildman–Crippen LogP) is 2.74. The minimum Gasteiger partial charge on any atom is -0.330 e. The Bertz CT molecular complexity index is 324. The summed E-state index contributed by atoms with van der Waals surface area (Å²) in [6.45, 7) is 2.10. The first-order chi connectivity index (χ1) is 8.01. The largest absolute Gasteiger partial charge is 0.446 e. The Kier molecular flexibility index (Phi) is 5.80. The zero-order chi connectivity index (χ0) is 12.7. The predicted molar refractivity (Wildman–Crippen MR) is 63.7 cm³/mol. The highest BCUT2D eigenvalue weighted by Gasteiger charge is 2.28. The zero-order valence-corrected chi connectivity index (χ0v) is 10.1. The van der Waals surface area contributed by atoms with Crippen LogP contribution in [0.1, 0.15) is 12.0 Å². The van der Waals surface area contributed by atoms with E-state index in [1.54, 1.807) is 12.1 Å². The van der Waals surface area contributed by atoms with Crippen LogP contribution in [0.25, 0.3) is 0 Å². The number of thioether (sulfide) groups is 1. The topological polar surface area (TPSA) is 38.0 Å². The first kappa shape index (κ1) is 14.3. The number of rotatable bonds is 6. The average molecular weight is 264 g/mol. The highest BCUT2D eigenvalue weighted by Crippen LogP contribution is 2.36. The molecule has 0 saturated heterocycles. The minimum absolute atomic E-state index is 0.0955. The Labute approximate surface area is 103 Å². The SMILES string of the molecule is NCCCNCc1ccc(SC(F)(F)F)cc1. The van der Waals surface area contributed by atoms with Gasteiger partial charge in [-0.1, -0.05) is 12.1 Å². The summed E-state index contributed by atoms with van der Waals surface area (Å²) in [6.07, 6.45) is 0.891. The summed E-state index contributed by atoms with van der Waals surface area (Å²) in [5.74, 6) is 0. The summed E-state index contributed by atoms with van der Waals surface area (Å²) in [7, 11) is 0. The van der Waals surface area contributed by atoms with Crippen molar-refractivity contribution in [2.24, 2.45) is 5.73 Å². The van der Waals surface area contributed by atoms with Crippen molar-refractivity contribution in [3.63, 3.8) is 0 Å². The molecule has 0 aliphatic carbocycles. The number of benzene rings is 1. The quantitative estimate of drug-likeness (QED) is 0.613. The second kappa shape index (κ2) is 6.88. The van der Waals surface area contributed by atoms with E-state index < -0.39 is 5.51 Å². The van der Waals surface area contributed by atoms with Gasteiger partial charge in [-0.15, -0.1) is 0 Å². The smallest absolute Gasteiger partial charge is 0.330 e. The van der Waals surface area contributed by atoms with Gasteiger partial charge in [0.25, 0.3) is 0 Å². The van der Waals surface area contributed by atoms with Crippen LogP contribution in [0.4, 0.5) is 13.2 Å². The highest BCUT2D eigenvalue weighted by atomic mass is 32.2. The van der Waals surface area contributed by atoms with Crippen LogP contribution in [-0.2, 0) is 6.54 Å². The molecule has 17 heavy (non-hydrogen) atoms. The van der Waals surface area contributed by atoms with Crippen LogP contribution in [0.15, 0.2) is 29.2 Å². The zero-order valence-electron chi connectivity index (χ0n) is 9.26. The van der Waals surface area contributed by atoms with Crippen molar-refractivity contribution in [3.8, 4) is 0 Å². The molecule has 96 valence electrons. The highest BCUT2D eigenvalue weighted by molar-refractivity contribution is 8.00. The number of alkyl halides is 3. The van der Waals surface area contributed by atoms with Gasteiger partial charge in [-0.2, -0.15) is 13.2 Å². The van der Waals surface area contributed by atoms with Crippen molar-refractivity contribution < 1.29 is 13.2 Å². The van der Waals surface area contributed by atoms with Gasteiger partial charge in [0.2, 0.25) is 0 Å². The van der Waals surface area contributed by atoms with E-state index in [4.69, 9.17) is 5.73 Å². The lowest BCUT2D eigenvalue weighted by Crippen LogP contribution is -2.17. The first-order valence-electron chi connectivity index (χ1n) is 5.27. The third-order valence-corrected chi connectivity index (χ3v) is 2.78. The molecule has 0 heterocycles. The number of nitrogens with one attached hydrogen (secondary N) is 1. The van der Waals surface area contributed by atoms with E-state index in [9.17, 15) is 13.2 Å². The van der Waals surface area contributed by atoms with Crippen LogP contribution in [0.3, 0.4) is 0 Å². The third-order valence-electron chi connectivity index (χ3n) is 2.04. The lowest BCUT2D eigenvalue weighted by molar-refractivity contribution is -0.0328. The van der Waals surface area contributed by atoms with E-state index in [-0.39, 0.29) is 16.7 Å². The number of nitrogens with two attached hydrogens (primary N) is 1. The van der Waals surface area contributed by atoms with Crippen molar-refractivity contribution in [2.45, 2.75) is 23.4 Å². The third kappa shape index (κ3) is 6.55. The van der Waals surface area contributed by atoms with E-state index >= 15 is 0 Å². The first-order valence-corrected chi connectivity index (χ1v) is 6.08. The van der Waals surface area contributed by atoms with Gasteiger partial charge in [0.15, 0.2) is 0 Å². The maximum absolute atomic E-state index is 12.1. The molecule has 2 nitrogen and oxygen atoms in total. The van der Waals surface area contributed by atoms with E-state index in [0.717, 1.165) is 18.5 Å². The lowest BCUT2D eigenvalue weighted by atomic mass is 10.2. The summed E-state index contributed by atoms with van der Waals surface area (Å²) >= 11 is -0.0955. The second-order valence-corrected chi connectivity index (χ2v) is 4.65. The molecule has 0 aliphatic heterocycles. The monoisotopic (exact) mass is 264 g/mol. The summed E-state index contributed by atoms with van der Waals surface area (Å²) in [5, 5.41) is 3.16. The molecule has 1 rings (SSSR count). The standard InChI is InChI=1S/C11H15F3N2S/c12-11(13,14)17-10-4-2-9(3-5-10)8-16-7-1-6-15/h2-5,16H,1,6-8,15H2. The van der Waals surface area contributed by atoms with Crippen molar-refractivity contribution in [2.75, 3.05) is 13.1 Å². The Balaban J connectivity index is 2.39. The molecule has 0 amide bonds. The van der Waals surface area contributed by atoms with E-state index in [1.165, 1.54) is 12.1 Å². The van der Waals surface area contributed by atoms with E-state index in [1.807, 2.05) is 0 Å². The van der Waals surface area contributed by atoms with Gasteiger partial charge >= 0.3 is 5.51 Å². The van der Waals surface area contributed by atoms with E-state index in [0.29, 0.717) is 13.1 Å². The van der Waals surface area contributed by atoms with Gasteiger partial charge in [0.05, 0.1) is 0 Å². The average Bonchev–Trinajstić information content (AvgIpc) is 2.25. The van der Waals surface area contributed by atoms with Crippen LogP contribution in [0.5, 0.6) is 0 Å². The van der Waals surface area contributed by atoms with Crippen molar-refractivity contribution >= 4 is 11.8 Å². The van der Waals surface area contributed by atoms with Crippen LogP contribution < -0.4 is 11.1 Å². The number of halogens is 3. The molecular weight excluding hydrogens is 249 g/mol. The van der Waals surface area contributed by atoms with Crippen LogP contribution in [0.2, 0.25) is 0 Å². The Morgan fingerprint density at radius 2 is 1.82 bits per heavy atom. The molecule has 1 aromatic rings. The Morgan fingerprint density at radius 1 is 1.18 bits per heavy atom.